The van der Waals surface area contributed by atoms with Gasteiger partial charge in [0.15, 0.2) is 6.10 Å². The molecule has 2 aromatic carbocycles. The molecule has 0 amide bonds. The zero-order valence-corrected chi connectivity index (χ0v) is 24.5. The molecule has 1 aliphatic heterocycles. The van der Waals surface area contributed by atoms with Crippen molar-refractivity contribution in [2.45, 2.75) is 72.3 Å². The minimum absolute atomic E-state index is 0.0750. The maximum Gasteiger partial charge on any atom is 0.337 e. The van der Waals surface area contributed by atoms with Crippen LogP contribution < -0.4 is 9.64 Å². The lowest BCUT2D eigenvalue weighted by Crippen LogP contribution is -2.39. The minimum Gasteiger partial charge on any atom is -0.493 e. The summed E-state index contributed by atoms with van der Waals surface area (Å²) in [5.74, 6) is -0.781. The smallest absolute Gasteiger partial charge is 0.337 e. The molecule has 1 N–H and O–H groups in total. The molecular weight excluding hydrogens is 526 g/mol. The van der Waals surface area contributed by atoms with E-state index in [-0.39, 0.29) is 22.5 Å². The summed E-state index contributed by atoms with van der Waals surface area (Å²) in [6, 6.07) is 13.9. The number of pyridine rings is 1. The Morgan fingerprint density at radius 2 is 1.71 bits per heavy atom. The van der Waals surface area contributed by atoms with Gasteiger partial charge in [-0.2, -0.15) is 0 Å². The number of anilines is 1. The number of nitrogens with zero attached hydrogens (tertiary/aromatic N) is 2. The molecule has 1 saturated heterocycles. The summed E-state index contributed by atoms with van der Waals surface area (Å²) < 4.78 is 39.5. The molecule has 0 spiro atoms. The van der Waals surface area contributed by atoms with Gasteiger partial charge in [-0.05, 0) is 74.4 Å². The highest BCUT2D eigenvalue weighted by Crippen LogP contribution is 2.44. The first-order valence-electron chi connectivity index (χ1n) is 14.1. The lowest BCUT2D eigenvalue weighted by molar-refractivity contribution is -0.160. The lowest BCUT2D eigenvalue weighted by atomic mass is 9.82. The highest BCUT2D eigenvalue weighted by Gasteiger charge is 2.36. The molecule has 3 aromatic rings. The van der Waals surface area contributed by atoms with Gasteiger partial charge >= 0.3 is 5.97 Å². The highest BCUT2D eigenvalue weighted by atomic mass is 19.1. The number of ether oxygens (including phenoxy) is 2. The standard InChI is InChI=1S/C33H40F2N2O4/c1-32(2,3)41-30(31(38)39)28-27(20-34)36-21-26(29(28)37-17-15-33(4,5)16-18-37)23-8-12-25(13-9-23)40-19-14-22-6-10-24(35)11-7-22/h6-13,21,30H,14-20H2,1-5H3,(H,38,39). The molecule has 0 radical (unpaired) electrons. The van der Waals surface area contributed by atoms with E-state index in [4.69, 9.17) is 9.47 Å². The molecule has 4 rings (SSSR count). The second-order valence-corrected chi connectivity index (χ2v) is 12.4. The second kappa shape index (κ2) is 12.6. The van der Waals surface area contributed by atoms with Crippen molar-refractivity contribution in [2.24, 2.45) is 5.41 Å². The highest BCUT2D eigenvalue weighted by molar-refractivity contribution is 5.86. The molecule has 1 aromatic heterocycles. The number of piperidine rings is 1. The van der Waals surface area contributed by atoms with Crippen LogP contribution in [0.15, 0.2) is 54.7 Å². The maximum atomic E-state index is 14.4. The fraction of sp³-hybridized carbons (Fsp3) is 0.455. The van der Waals surface area contributed by atoms with Crippen LogP contribution in [0.5, 0.6) is 5.75 Å². The minimum atomic E-state index is -1.38. The van der Waals surface area contributed by atoms with E-state index in [2.05, 4.69) is 23.7 Å². The van der Waals surface area contributed by atoms with E-state index in [1.807, 2.05) is 24.3 Å². The van der Waals surface area contributed by atoms with Crippen LogP contribution in [-0.4, -0.2) is 41.4 Å². The van der Waals surface area contributed by atoms with Crippen LogP contribution in [0, 0.1) is 11.2 Å². The van der Waals surface area contributed by atoms with Gasteiger partial charge in [0.05, 0.1) is 23.6 Å². The maximum absolute atomic E-state index is 14.4. The summed E-state index contributed by atoms with van der Waals surface area (Å²) in [5.41, 5.74) is 2.90. The van der Waals surface area contributed by atoms with Gasteiger partial charge in [-0.3, -0.25) is 4.98 Å². The van der Waals surface area contributed by atoms with Crippen molar-refractivity contribution in [3.8, 4) is 16.9 Å². The number of carbonyl (C=O) groups is 1. The largest absolute Gasteiger partial charge is 0.493 e. The third kappa shape index (κ3) is 7.82. The molecule has 0 saturated carbocycles. The van der Waals surface area contributed by atoms with Crippen molar-refractivity contribution in [1.82, 2.24) is 4.98 Å². The Bertz CT molecular complexity index is 1330. The molecule has 2 heterocycles. The van der Waals surface area contributed by atoms with Crippen LogP contribution in [0.2, 0.25) is 0 Å². The zero-order chi connectivity index (χ0) is 29.8. The van der Waals surface area contributed by atoms with E-state index in [1.54, 1.807) is 39.1 Å². The predicted octanol–water partition coefficient (Wildman–Crippen LogP) is 7.55. The number of hydrogen-bond donors (Lipinski definition) is 1. The van der Waals surface area contributed by atoms with Crippen molar-refractivity contribution in [3.63, 3.8) is 0 Å². The summed E-state index contributed by atoms with van der Waals surface area (Å²) in [4.78, 5) is 19.1. The molecule has 0 aliphatic carbocycles. The molecular formula is C33H40F2N2O4. The average Bonchev–Trinajstić information content (AvgIpc) is 2.92. The Balaban J connectivity index is 1.70. The number of aromatic nitrogens is 1. The van der Waals surface area contributed by atoms with E-state index < -0.39 is 24.3 Å². The van der Waals surface area contributed by atoms with Crippen molar-refractivity contribution in [2.75, 3.05) is 24.6 Å². The third-order valence-electron chi connectivity index (χ3n) is 7.43. The van der Waals surface area contributed by atoms with Gasteiger partial charge in [-0.1, -0.05) is 38.1 Å². The van der Waals surface area contributed by atoms with Gasteiger partial charge in [0.25, 0.3) is 0 Å². The average molecular weight is 567 g/mol. The molecule has 6 nitrogen and oxygen atoms in total. The summed E-state index contributed by atoms with van der Waals surface area (Å²) >= 11 is 0. The van der Waals surface area contributed by atoms with Crippen LogP contribution in [0.3, 0.4) is 0 Å². The lowest BCUT2D eigenvalue weighted by Gasteiger charge is -2.41. The van der Waals surface area contributed by atoms with Crippen molar-refractivity contribution < 1.29 is 28.2 Å². The number of rotatable bonds is 10. The quantitative estimate of drug-likeness (QED) is 0.273. The summed E-state index contributed by atoms with van der Waals surface area (Å²) in [6.45, 7) is 10.7. The van der Waals surface area contributed by atoms with Gasteiger partial charge in [-0.25, -0.2) is 13.6 Å². The number of benzene rings is 2. The van der Waals surface area contributed by atoms with Gasteiger partial charge in [0.1, 0.15) is 18.2 Å². The number of carboxylic acid groups (broad SMARTS) is 1. The van der Waals surface area contributed by atoms with Crippen molar-refractivity contribution in [1.29, 1.82) is 0 Å². The molecule has 0 bridgehead atoms. The molecule has 1 atom stereocenters. The second-order valence-electron chi connectivity index (χ2n) is 12.4. The number of hydrogen-bond acceptors (Lipinski definition) is 5. The Morgan fingerprint density at radius 3 is 2.27 bits per heavy atom. The Hall–Kier alpha value is -3.52. The van der Waals surface area contributed by atoms with Crippen LogP contribution in [-0.2, 0) is 22.6 Å². The van der Waals surface area contributed by atoms with Crippen LogP contribution in [0.25, 0.3) is 11.1 Å². The number of aliphatic carboxylic acids is 1. The molecule has 220 valence electrons. The molecule has 1 fully saturated rings. The van der Waals surface area contributed by atoms with E-state index in [0.717, 1.165) is 29.5 Å². The third-order valence-corrected chi connectivity index (χ3v) is 7.43. The fourth-order valence-electron chi connectivity index (χ4n) is 5.08. The summed E-state index contributed by atoms with van der Waals surface area (Å²) in [7, 11) is 0. The van der Waals surface area contributed by atoms with Crippen LogP contribution in [0.4, 0.5) is 14.5 Å². The SMILES string of the molecule is CC1(C)CCN(c2c(-c3ccc(OCCc4ccc(F)cc4)cc3)cnc(CF)c2C(OC(C)(C)C)C(=O)O)CC1. The molecule has 41 heavy (non-hydrogen) atoms. The normalized spacial score (nSPS) is 15.9. The van der Waals surface area contributed by atoms with E-state index >= 15 is 0 Å². The summed E-state index contributed by atoms with van der Waals surface area (Å²) in [5, 5.41) is 10.3. The Kier molecular flexibility index (Phi) is 9.32. The zero-order valence-electron chi connectivity index (χ0n) is 24.5. The predicted molar refractivity (Wildman–Crippen MR) is 157 cm³/mol. The first-order chi connectivity index (χ1) is 19.4. The Labute approximate surface area is 241 Å². The first kappa shape index (κ1) is 30.4. The van der Waals surface area contributed by atoms with E-state index in [9.17, 15) is 18.7 Å². The molecule has 8 heteroatoms. The molecule has 1 unspecified atom stereocenters. The molecule has 1 aliphatic rings. The fourth-order valence-corrected chi connectivity index (χ4v) is 5.08. The number of halogens is 2. The van der Waals surface area contributed by atoms with Crippen molar-refractivity contribution >= 4 is 11.7 Å². The van der Waals surface area contributed by atoms with Crippen LogP contribution >= 0.6 is 0 Å². The van der Waals surface area contributed by atoms with E-state index in [0.29, 0.717) is 37.6 Å². The van der Waals surface area contributed by atoms with Crippen LogP contribution in [0.1, 0.15) is 70.4 Å². The monoisotopic (exact) mass is 566 g/mol. The van der Waals surface area contributed by atoms with Crippen molar-refractivity contribution in [3.05, 3.63) is 77.4 Å². The first-order valence-corrected chi connectivity index (χ1v) is 14.1. The Morgan fingerprint density at radius 1 is 1.07 bits per heavy atom. The topological polar surface area (TPSA) is 71.9 Å². The summed E-state index contributed by atoms with van der Waals surface area (Å²) in [6.07, 6.45) is 2.72. The van der Waals surface area contributed by atoms with Gasteiger partial charge in [-0.15, -0.1) is 0 Å². The number of carboxylic acids is 1. The van der Waals surface area contributed by atoms with E-state index in [1.165, 1.54) is 12.1 Å². The van der Waals surface area contributed by atoms with Gasteiger partial charge in [0.2, 0.25) is 0 Å². The van der Waals surface area contributed by atoms with Gasteiger partial charge in [0, 0.05) is 36.8 Å². The van der Waals surface area contributed by atoms with Gasteiger partial charge < -0.3 is 19.5 Å². The number of alkyl halides is 1.